The Morgan fingerprint density at radius 2 is 1.81 bits per heavy atom. The summed E-state index contributed by atoms with van der Waals surface area (Å²) in [7, 11) is -0.845. The van der Waals surface area contributed by atoms with Gasteiger partial charge < -0.3 is 14.4 Å². The van der Waals surface area contributed by atoms with Crippen molar-refractivity contribution in [2.75, 3.05) is 25.5 Å². The van der Waals surface area contributed by atoms with E-state index in [9.17, 15) is 13.2 Å². The van der Waals surface area contributed by atoms with Crippen molar-refractivity contribution in [3.63, 3.8) is 0 Å². The smallest absolute Gasteiger partial charge is 0.409 e. The number of sulfonamides is 1. The highest BCUT2D eigenvalue weighted by Gasteiger charge is 2.22. The number of methoxy groups -OCH3 is 2. The highest BCUT2D eigenvalue weighted by Crippen LogP contribution is 2.25. The maximum atomic E-state index is 12.6. The summed E-state index contributed by atoms with van der Waals surface area (Å²) < 4.78 is 37.5. The van der Waals surface area contributed by atoms with Crippen molar-refractivity contribution >= 4 is 21.8 Å². The zero-order valence-electron chi connectivity index (χ0n) is 14.6. The molecule has 138 valence electrons. The van der Waals surface area contributed by atoms with E-state index in [0.29, 0.717) is 30.9 Å². The largest absolute Gasteiger partial charge is 0.497 e. The predicted molar refractivity (Wildman–Crippen MR) is 96.8 cm³/mol. The van der Waals surface area contributed by atoms with Gasteiger partial charge in [0.1, 0.15) is 5.75 Å². The molecule has 0 atom stereocenters. The summed E-state index contributed by atoms with van der Waals surface area (Å²) in [5.41, 5.74) is 2.44. The van der Waals surface area contributed by atoms with Crippen LogP contribution in [0.1, 0.15) is 11.1 Å². The fourth-order valence-corrected chi connectivity index (χ4v) is 3.92. The minimum atomic E-state index is -3.71. The van der Waals surface area contributed by atoms with Crippen molar-refractivity contribution in [1.82, 2.24) is 4.90 Å². The highest BCUT2D eigenvalue weighted by molar-refractivity contribution is 7.92. The molecule has 26 heavy (non-hydrogen) atoms. The van der Waals surface area contributed by atoms with E-state index in [4.69, 9.17) is 9.47 Å². The van der Waals surface area contributed by atoms with Crippen molar-refractivity contribution in [2.24, 2.45) is 0 Å². The first-order chi connectivity index (χ1) is 12.4. The van der Waals surface area contributed by atoms with Gasteiger partial charge in [-0.15, -0.1) is 0 Å². The Morgan fingerprint density at radius 3 is 2.46 bits per heavy atom. The van der Waals surface area contributed by atoms with Gasteiger partial charge in [-0.1, -0.05) is 6.07 Å². The van der Waals surface area contributed by atoms with Crippen molar-refractivity contribution < 1.29 is 22.7 Å². The summed E-state index contributed by atoms with van der Waals surface area (Å²) in [6.07, 6.45) is 0.315. The van der Waals surface area contributed by atoms with Gasteiger partial charge in [-0.05, 0) is 53.9 Å². The molecule has 2 aromatic carbocycles. The summed E-state index contributed by atoms with van der Waals surface area (Å²) in [5.74, 6) is 0.584. The highest BCUT2D eigenvalue weighted by atomic mass is 32.2. The van der Waals surface area contributed by atoms with Crippen LogP contribution >= 0.6 is 0 Å². The molecule has 2 aromatic rings. The molecule has 0 unspecified atom stereocenters. The standard InChI is InChI=1S/C18H20N2O5S/c1-24-16-5-7-17(8-6-16)26(22,23)19-15-4-3-13-9-10-20(18(21)25-2)12-14(13)11-15/h3-8,11,19H,9-10,12H2,1-2H3. The average Bonchev–Trinajstić information content (AvgIpc) is 2.66. The molecule has 0 saturated carbocycles. The second kappa shape index (κ2) is 7.25. The van der Waals surface area contributed by atoms with Gasteiger partial charge in [0.25, 0.3) is 10.0 Å². The molecule has 0 fully saturated rings. The Balaban J connectivity index is 1.81. The Bertz CT molecular complexity index is 910. The molecule has 1 aliphatic heterocycles. The molecule has 0 spiro atoms. The van der Waals surface area contributed by atoms with Crippen LogP contribution < -0.4 is 9.46 Å². The minimum absolute atomic E-state index is 0.146. The number of benzene rings is 2. The molecule has 0 saturated heterocycles. The fraction of sp³-hybridized carbons (Fsp3) is 0.278. The van der Waals surface area contributed by atoms with E-state index >= 15 is 0 Å². The molecule has 0 aromatic heterocycles. The third kappa shape index (κ3) is 3.75. The second-order valence-corrected chi connectivity index (χ2v) is 7.59. The van der Waals surface area contributed by atoms with Crippen LogP contribution in [0.3, 0.4) is 0 Å². The number of carbonyl (C=O) groups is 1. The molecule has 3 rings (SSSR count). The Labute approximate surface area is 152 Å². The molecule has 7 nitrogen and oxygen atoms in total. The van der Waals surface area contributed by atoms with Gasteiger partial charge in [-0.25, -0.2) is 13.2 Å². The first-order valence-corrected chi connectivity index (χ1v) is 9.53. The van der Waals surface area contributed by atoms with Crippen LogP contribution in [0.4, 0.5) is 10.5 Å². The lowest BCUT2D eigenvalue weighted by molar-refractivity contribution is 0.118. The van der Waals surface area contributed by atoms with Gasteiger partial charge in [0.15, 0.2) is 0 Å². The van der Waals surface area contributed by atoms with Crippen LogP contribution in [-0.2, 0) is 27.7 Å². The Kier molecular flexibility index (Phi) is 5.03. The lowest BCUT2D eigenvalue weighted by atomic mass is 9.99. The van der Waals surface area contributed by atoms with Crippen LogP contribution in [0, 0.1) is 0 Å². The number of rotatable bonds is 4. The molecule has 0 bridgehead atoms. The number of ether oxygens (including phenoxy) is 2. The Morgan fingerprint density at radius 1 is 1.08 bits per heavy atom. The van der Waals surface area contributed by atoms with Gasteiger partial charge >= 0.3 is 6.09 Å². The van der Waals surface area contributed by atoms with E-state index in [2.05, 4.69) is 4.72 Å². The number of nitrogens with zero attached hydrogens (tertiary/aromatic N) is 1. The number of carbonyl (C=O) groups excluding carboxylic acids is 1. The maximum absolute atomic E-state index is 12.6. The number of fused-ring (bicyclic) bond motifs is 1. The average molecular weight is 376 g/mol. The van der Waals surface area contributed by atoms with E-state index < -0.39 is 10.0 Å². The maximum Gasteiger partial charge on any atom is 0.409 e. The summed E-state index contributed by atoms with van der Waals surface area (Å²) in [6.45, 7) is 0.969. The summed E-state index contributed by atoms with van der Waals surface area (Å²) in [4.78, 5) is 13.4. The predicted octanol–water partition coefficient (Wildman–Crippen LogP) is 2.62. The Hall–Kier alpha value is -2.74. The quantitative estimate of drug-likeness (QED) is 0.887. The molecule has 1 amide bonds. The van der Waals surface area contributed by atoms with Crippen molar-refractivity contribution in [3.8, 4) is 5.75 Å². The molecule has 0 radical (unpaired) electrons. The van der Waals surface area contributed by atoms with Crippen molar-refractivity contribution in [2.45, 2.75) is 17.9 Å². The van der Waals surface area contributed by atoms with E-state index in [1.807, 2.05) is 6.07 Å². The number of amides is 1. The topological polar surface area (TPSA) is 84.9 Å². The van der Waals surface area contributed by atoms with E-state index in [-0.39, 0.29) is 11.0 Å². The van der Waals surface area contributed by atoms with Crippen LogP contribution in [0.25, 0.3) is 0 Å². The van der Waals surface area contributed by atoms with E-state index in [1.54, 1.807) is 29.2 Å². The van der Waals surface area contributed by atoms with Gasteiger partial charge in [0.05, 0.1) is 19.1 Å². The van der Waals surface area contributed by atoms with Gasteiger partial charge in [-0.3, -0.25) is 4.72 Å². The van der Waals surface area contributed by atoms with Crippen molar-refractivity contribution in [3.05, 3.63) is 53.6 Å². The second-order valence-electron chi connectivity index (χ2n) is 5.91. The number of hydrogen-bond acceptors (Lipinski definition) is 5. The van der Waals surface area contributed by atoms with Crippen LogP contribution in [0.15, 0.2) is 47.4 Å². The van der Waals surface area contributed by atoms with Gasteiger partial charge in [0.2, 0.25) is 0 Å². The fourth-order valence-electron chi connectivity index (χ4n) is 2.87. The first-order valence-electron chi connectivity index (χ1n) is 8.04. The molecule has 1 aliphatic rings. The first kappa shape index (κ1) is 18.1. The molecular weight excluding hydrogens is 356 g/mol. The third-order valence-corrected chi connectivity index (χ3v) is 5.67. The SMILES string of the molecule is COC(=O)N1CCc2ccc(NS(=O)(=O)c3ccc(OC)cc3)cc2C1. The molecular formula is C18H20N2O5S. The third-order valence-electron chi connectivity index (χ3n) is 4.27. The lowest BCUT2D eigenvalue weighted by Crippen LogP contribution is -2.35. The molecule has 0 aliphatic carbocycles. The summed E-state index contributed by atoms with van der Waals surface area (Å²) in [6, 6.07) is 11.5. The summed E-state index contributed by atoms with van der Waals surface area (Å²) in [5, 5.41) is 0. The lowest BCUT2D eigenvalue weighted by Gasteiger charge is -2.28. The van der Waals surface area contributed by atoms with Crippen molar-refractivity contribution in [1.29, 1.82) is 0 Å². The van der Waals surface area contributed by atoms with Crippen LogP contribution in [0.2, 0.25) is 0 Å². The van der Waals surface area contributed by atoms with Gasteiger partial charge in [0, 0.05) is 18.8 Å². The zero-order valence-corrected chi connectivity index (χ0v) is 15.4. The molecule has 8 heteroatoms. The molecule has 1 heterocycles. The minimum Gasteiger partial charge on any atom is -0.497 e. The van der Waals surface area contributed by atoms with E-state index in [1.165, 1.54) is 26.4 Å². The molecule has 1 N–H and O–H groups in total. The monoisotopic (exact) mass is 376 g/mol. The number of hydrogen-bond donors (Lipinski definition) is 1. The van der Waals surface area contributed by atoms with Gasteiger partial charge in [-0.2, -0.15) is 0 Å². The van der Waals surface area contributed by atoms with E-state index in [0.717, 1.165) is 11.1 Å². The number of nitrogens with one attached hydrogen (secondary N) is 1. The van der Waals surface area contributed by atoms with Crippen LogP contribution in [0.5, 0.6) is 5.75 Å². The zero-order chi connectivity index (χ0) is 18.7. The number of anilines is 1. The summed E-state index contributed by atoms with van der Waals surface area (Å²) >= 11 is 0. The van der Waals surface area contributed by atoms with Crippen LogP contribution in [-0.4, -0.2) is 40.2 Å². The normalized spacial score (nSPS) is 13.7.